The maximum absolute atomic E-state index is 13.0. The highest BCUT2D eigenvalue weighted by Crippen LogP contribution is 2.44. The second-order valence-corrected chi connectivity index (χ2v) is 10.5. The molecule has 1 saturated carbocycles. The van der Waals surface area contributed by atoms with E-state index in [0.29, 0.717) is 12.5 Å². The number of piperidine rings is 1. The highest BCUT2D eigenvalue weighted by molar-refractivity contribution is 7.94. The van der Waals surface area contributed by atoms with E-state index >= 15 is 0 Å². The van der Waals surface area contributed by atoms with Crippen molar-refractivity contribution in [3.8, 4) is 11.1 Å². The van der Waals surface area contributed by atoms with Crippen molar-refractivity contribution < 1.29 is 8.42 Å². The number of nitrogens with zero attached hydrogens (tertiary/aromatic N) is 3. The van der Waals surface area contributed by atoms with Gasteiger partial charge in [-0.25, -0.2) is 0 Å². The molecule has 1 aliphatic carbocycles. The Morgan fingerprint density at radius 3 is 2.38 bits per heavy atom. The fourth-order valence-electron chi connectivity index (χ4n) is 4.70. The fourth-order valence-corrected chi connectivity index (χ4v) is 6.19. The van der Waals surface area contributed by atoms with Gasteiger partial charge in [0.1, 0.15) is 0 Å². The van der Waals surface area contributed by atoms with Gasteiger partial charge in [-0.3, -0.25) is 8.61 Å². The lowest BCUT2D eigenvalue weighted by atomic mass is 9.85. The van der Waals surface area contributed by atoms with E-state index in [2.05, 4.69) is 35.2 Å². The maximum Gasteiger partial charge on any atom is 0.326 e. The van der Waals surface area contributed by atoms with Gasteiger partial charge in [0.25, 0.3) is 0 Å². The van der Waals surface area contributed by atoms with Crippen molar-refractivity contribution >= 4 is 27.3 Å². The highest BCUT2D eigenvalue weighted by atomic mass is 32.2. The Morgan fingerprint density at radius 1 is 0.897 bits per heavy atom. The Labute approximate surface area is 174 Å². The van der Waals surface area contributed by atoms with Gasteiger partial charge >= 0.3 is 10.2 Å². The molecule has 0 aromatic heterocycles. The number of hydrogen-bond donors (Lipinski definition) is 0. The molecule has 0 atom stereocenters. The molecule has 6 heteroatoms. The second-order valence-electron chi connectivity index (χ2n) is 8.60. The molecule has 0 bridgehead atoms. The molecule has 2 aliphatic heterocycles. The van der Waals surface area contributed by atoms with Crippen molar-refractivity contribution in [3.63, 3.8) is 0 Å². The lowest BCUT2D eigenvalue weighted by molar-refractivity contribution is 0.326. The molecule has 0 spiro atoms. The Morgan fingerprint density at radius 2 is 1.66 bits per heavy atom. The monoisotopic (exact) mass is 411 g/mol. The average molecular weight is 412 g/mol. The average Bonchev–Trinajstić information content (AvgIpc) is 2.91. The number of fused-ring (bicyclic) bond motifs is 1. The van der Waals surface area contributed by atoms with Gasteiger partial charge in [-0.05, 0) is 73.4 Å². The summed E-state index contributed by atoms with van der Waals surface area (Å²) in [5, 5.41) is 0. The number of benzene rings is 2. The molecule has 0 unspecified atom stereocenters. The van der Waals surface area contributed by atoms with Crippen molar-refractivity contribution in [1.29, 1.82) is 0 Å². The van der Waals surface area contributed by atoms with Crippen LogP contribution < -0.4 is 13.5 Å². The summed E-state index contributed by atoms with van der Waals surface area (Å²) in [6.07, 6.45) is 7.30. The first-order chi connectivity index (χ1) is 14.0. The minimum atomic E-state index is -3.46. The molecule has 154 valence electrons. The zero-order chi connectivity index (χ0) is 20.0. The summed E-state index contributed by atoms with van der Waals surface area (Å²) < 4.78 is 29.0. The van der Waals surface area contributed by atoms with E-state index in [-0.39, 0.29) is 0 Å². The van der Waals surface area contributed by atoms with Crippen LogP contribution in [0, 0.1) is 5.92 Å². The van der Waals surface area contributed by atoms with Crippen molar-refractivity contribution in [2.75, 3.05) is 40.2 Å². The smallest absolute Gasteiger partial charge is 0.326 e. The third-order valence-electron chi connectivity index (χ3n) is 6.76. The van der Waals surface area contributed by atoms with Crippen LogP contribution in [0.15, 0.2) is 42.5 Å². The first kappa shape index (κ1) is 18.8. The van der Waals surface area contributed by atoms with Crippen molar-refractivity contribution in [2.45, 2.75) is 38.5 Å². The van der Waals surface area contributed by atoms with Crippen molar-refractivity contribution in [2.24, 2.45) is 5.92 Å². The summed E-state index contributed by atoms with van der Waals surface area (Å²) in [5.41, 5.74) is 5.06. The zero-order valence-corrected chi connectivity index (χ0v) is 17.9. The lowest BCUT2D eigenvalue weighted by Crippen LogP contribution is -2.39. The molecule has 3 aliphatic rings. The summed E-state index contributed by atoms with van der Waals surface area (Å²) in [6, 6.07) is 14.7. The number of hydrogen-bond acceptors (Lipinski definition) is 3. The molecule has 0 amide bonds. The zero-order valence-electron chi connectivity index (χ0n) is 17.0. The van der Waals surface area contributed by atoms with Gasteiger partial charge in [-0.15, -0.1) is 0 Å². The van der Waals surface area contributed by atoms with Gasteiger partial charge < -0.3 is 4.90 Å². The van der Waals surface area contributed by atoms with E-state index in [1.807, 2.05) is 12.1 Å². The molecule has 0 N–H and O–H groups in total. The molecule has 2 aromatic rings. The molecule has 2 fully saturated rings. The topological polar surface area (TPSA) is 43.9 Å². The number of anilines is 3. The van der Waals surface area contributed by atoms with Gasteiger partial charge in [-0.2, -0.15) is 8.42 Å². The van der Waals surface area contributed by atoms with Crippen LogP contribution in [0.4, 0.5) is 17.1 Å². The summed E-state index contributed by atoms with van der Waals surface area (Å²) in [5.74, 6) is 0.491. The van der Waals surface area contributed by atoms with Crippen LogP contribution in [0.2, 0.25) is 0 Å². The minimum absolute atomic E-state index is 0.491. The van der Waals surface area contributed by atoms with E-state index in [1.54, 1.807) is 11.4 Å². The van der Waals surface area contributed by atoms with Gasteiger partial charge in [0, 0.05) is 32.4 Å². The van der Waals surface area contributed by atoms with Gasteiger partial charge in [0.05, 0.1) is 11.4 Å². The Bertz CT molecular complexity index is 1010. The quantitative estimate of drug-likeness (QED) is 0.736. The van der Waals surface area contributed by atoms with E-state index in [4.69, 9.17) is 0 Å². The van der Waals surface area contributed by atoms with Crippen LogP contribution in [-0.2, 0) is 10.2 Å². The highest BCUT2D eigenvalue weighted by Gasteiger charge is 2.39. The first-order valence-electron chi connectivity index (χ1n) is 10.8. The van der Waals surface area contributed by atoms with Gasteiger partial charge in [0.15, 0.2) is 0 Å². The van der Waals surface area contributed by atoms with Crippen LogP contribution >= 0.6 is 0 Å². The molecular weight excluding hydrogens is 382 g/mol. The van der Waals surface area contributed by atoms with Crippen LogP contribution in [-0.4, -0.2) is 35.1 Å². The Hall–Kier alpha value is -2.21. The standard InChI is InChI=1S/C23H29N3O2S/c1-24-23-16-20(19-9-6-10-21(15-19)25-13-3-2-4-14-25)11-12-22(23)26(29(24,27)28)17-18-7-5-8-18/h6,9-12,15-16,18H,2-5,7-8,13-14,17H2,1H3. The molecule has 5 nitrogen and oxygen atoms in total. The second kappa shape index (κ2) is 7.24. The van der Waals surface area contributed by atoms with Gasteiger partial charge in [0.2, 0.25) is 0 Å². The van der Waals surface area contributed by atoms with Crippen LogP contribution in [0.3, 0.4) is 0 Å². The molecule has 2 aromatic carbocycles. The van der Waals surface area contributed by atoms with E-state index in [0.717, 1.165) is 48.4 Å². The largest absolute Gasteiger partial charge is 0.372 e. The fraction of sp³-hybridized carbons (Fsp3) is 0.478. The molecule has 0 radical (unpaired) electrons. The van der Waals surface area contributed by atoms with Crippen molar-refractivity contribution in [1.82, 2.24) is 0 Å². The first-order valence-corrected chi connectivity index (χ1v) is 12.2. The molecule has 1 saturated heterocycles. The predicted octanol–water partition coefficient (Wildman–Crippen LogP) is 4.65. The van der Waals surface area contributed by atoms with Crippen LogP contribution in [0.25, 0.3) is 11.1 Å². The van der Waals surface area contributed by atoms with Gasteiger partial charge in [-0.1, -0.05) is 24.6 Å². The molecule has 29 heavy (non-hydrogen) atoms. The third-order valence-corrected chi connectivity index (χ3v) is 8.55. The maximum atomic E-state index is 13.0. The van der Waals surface area contributed by atoms with E-state index < -0.39 is 10.2 Å². The van der Waals surface area contributed by atoms with Crippen molar-refractivity contribution in [3.05, 3.63) is 42.5 Å². The third kappa shape index (κ3) is 3.27. The number of rotatable bonds is 4. The normalized spacial score (nSPS) is 21.2. The van der Waals surface area contributed by atoms with E-state index in [9.17, 15) is 8.42 Å². The molecular formula is C23H29N3O2S. The lowest BCUT2D eigenvalue weighted by Gasteiger charge is -2.30. The summed E-state index contributed by atoms with van der Waals surface area (Å²) in [7, 11) is -1.79. The van der Waals surface area contributed by atoms with E-state index in [1.165, 1.54) is 35.7 Å². The minimum Gasteiger partial charge on any atom is -0.372 e. The van der Waals surface area contributed by atoms with Crippen LogP contribution in [0.1, 0.15) is 38.5 Å². The summed E-state index contributed by atoms with van der Waals surface area (Å²) in [6.45, 7) is 2.83. The predicted molar refractivity (Wildman–Crippen MR) is 120 cm³/mol. The Balaban J connectivity index is 1.47. The Kier molecular flexibility index (Phi) is 4.69. The molecule has 5 rings (SSSR count). The summed E-state index contributed by atoms with van der Waals surface area (Å²) in [4.78, 5) is 2.46. The molecule has 2 heterocycles. The van der Waals surface area contributed by atoms with Crippen LogP contribution in [0.5, 0.6) is 0 Å². The SMILES string of the molecule is CN1c2cc(-c3cccc(N4CCCCC4)c3)ccc2N(CC2CCC2)S1(=O)=O. The summed E-state index contributed by atoms with van der Waals surface area (Å²) >= 11 is 0.